The van der Waals surface area contributed by atoms with Crippen LogP contribution in [-0.4, -0.2) is 9.13 Å². The Kier molecular flexibility index (Phi) is 7.00. The summed E-state index contributed by atoms with van der Waals surface area (Å²) in [5, 5.41) is 5.11. The molecule has 3 heterocycles. The van der Waals surface area contributed by atoms with Crippen LogP contribution < -0.4 is 0 Å². The van der Waals surface area contributed by atoms with Crippen LogP contribution in [-0.2, 0) is 0 Å². The van der Waals surface area contributed by atoms with Crippen LogP contribution in [0.5, 0.6) is 0 Å². The summed E-state index contributed by atoms with van der Waals surface area (Å²) in [5.74, 6) is 0.436. The van der Waals surface area contributed by atoms with Crippen molar-refractivity contribution < 1.29 is 0 Å². The fourth-order valence-corrected chi connectivity index (χ4v) is 9.87. The molecule has 2 aromatic heterocycles. The van der Waals surface area contributed by atoms with Gasteiger partial charge < -0.3 is 9.13 Å². The summed E-state index contributed by atoms with van der Waals surface area (Å²) in [6, 6.07) is 67.3. The first-order chi connectivity index (χ1) is 28.2. The van der Waals surface area contributed by atoms with Crippen molar-refractivity contribution in [2.75, 3.05) is 0 Å². The summed E-state index contributed by atoms with van der Waals surface area (Å²) in [7, 11) is 0. The minimum atomic E-state index is 0.436. The standard InChI is InChI=1S/C55H38N2/c1-35-13-11-21-45-49-34-41(33-48-44-19-6-9-23-51(44)57(55(48)49)52-24-10-7-20-46(52)54(35)45)38-27-25-37(26-28-38)40-29-30-53-47(32-40)43-18-5-8-22-50(43)56(53)42-17-12-16-39(31-42)36-14-3-2-4-15-36/h2-12,14-35H,13H2,1H3. The minimum Gasteiger partial charge on any atom is -0.309 e. The lowest BCUT2D eigenvalue weighted by atomic mass is 9.80. The Hall–Kier alpha value is -7.16. The molecule has 0 spiro atoms. The van der Waals surface area contributed by atoms with Crippen LogP contribution in [0.1, 0.15) is 24.5 Å². The minimum absolute atomic E-state index is 0.436. The molecule has 0 amide bonds. The molecular formula is C55H38N2. The van der Waals surface area contributed by atoms with Gasteiger partial charge in [0.1, 0.15) is 0 Å². The summed E-state index contributed by atoms with van der Waals surface area (Å²) < 4.78 is 4.93. The SMILES string of the molecule is CC1CC=CC2=C1c1ccccc1-n1c3ccccc3c3cc(-c4ccc(-c5ccc6c(c5)c5ccccc5n6-c5cccc(-c6ccccc6)c5)cc4)cc2c31. The lowest BCUT2D eigenvalue weighted by Gasteiger charge is -2.23. The number of para-hydroxylation sites is 3. The van der Waals surface area contributed by atoms with Crippen LogP contribution >= 0.6 is 0 Å². The third-order valence-electron chi connectivity index (χ3n) is 12.5. The molecule has 1 aliphatic heterocycles. The molecule has 0 fully saturated rings. The first-order valence-corrected chi connectivity index (χ1v) is 20.1. The van der Waals surface area contributed by atoms with Gasteiger partial charge >= 0.3 is 0 Å². The number of nitrogens with zero attached hydrogens (tertiary/aromatic N) is 2. The average molecular weight is 727 g/mol. The van der Waals surface area contributed by atoms with Crippen molar-refractivity contribution in [2.45, 2.75) is 13.3 Å². The molecule has 0 bridgehead atoms. The maximum absolute atomic E-state index is 2.52. The largest absolute Gasteiger partial charge is 0.309 e. The van der Waals surface area contributed by atoms with Crippen LogP contribution in [0.3, 0.4) is 0 Å². The van der Waals surface area contributed by atoms with Gasteiger partial charge in [-0.05, 0) is 111 Å². The number of fused-ring (bicyclic) bond motifs is 10. The molecular weight excluding hydrogens is 689 g/mol. The monoisotopic (exact) mass is 726 g/mol. The van der Waals surface area contributed by atoms with Crippen LogP contribution in [0.2, 0.25) is 0 Å². The topological polar surface area (TPSA) is 9.86 Å². The first kappa shape index (κ1) is 32.1. The molecule has 0 saturated heterocycles. The Balaban J connectivity index is 0.987. The Morgan fingerprint density at radius 2 is 1.02 bits per heavy atom. The van der Waals surface area contributed by atoms with Crippen molar-refractivity contribution in [2.24, 2.45) is 5.92 Å². The van der Waals surface area contributed by atoms with Gasteiger partial charge in [-0.3, -0.25) is 0 Å². The zero-order valence-electron chi connectivity index (χ0n) is 31.7. The van der Waals surface area contributed by atoms with Crippen molar-refractivity contribution in [1.29, 1.82) is 0 Å². The highest BCUT2D eigenvalue weighted by Crippen LogP contribution is 2.49. The molecule has 8 aromatic carbocycles. The molecule has 57 heavy (non-hydrogen) atoms. The van der Waals surface area contributed by atoms with E-state index in [4.69, 9.17) is 0 Å². The maximum Gasteiger partial charge on any atom is 0.0620 e. The fourth-order valence-electron chi connectivity index (χ4n) is 9.87. The van der Waals surface area contributed by atoms with Crippen LogP contribution in [0, 0.1) is 5.92 Å². The second-order valence-electron chi connectivity index (χ2n) is 15.7. The van der Waals surface area contributed by atoms with E-state index in [0.717, 1.165) is 6.42 Å². The molecule has 1 atom stereocenters. The van der Waals surface area contributed by atoms with Gasteiger partial charge in [-0.15, -0.1) is 0 Å². The molecule has 0 radical (unpaired) electrons. The van der Waals surface area contributed by atoms with Crippen LogP contribution in [0.15, 0.2) is 194 Å². The lowest BCUT2D eigenvalue weighted by Crippen LogP contribution is -2.05. The second-order valence-corrected chi connectivity index (χ2v) is 15.7. The summed E-state index contributed by atoms with van der Waals surface area (Å²) in [6.45, 7) is 2.38. The second kappa shape index (κ2) is 12.4. The number of benzene rings is 8. The molecule has 2 aliphatic rings. The molecule has 268 valence electrons. The van der Waals surface area contributed by atoms with Crippen LogP contribution in [0.4, 0.5) is 0 Å². The van der Waals surface area contributed by atoms with Crippen molar-refractivity contribution in [1.82, 2.24) is 9.13 Å². The van der Waals surface area contributed by atoms with Crippen LogP contribution in [0.25, 0.3) is 99.5 Å². The molecule has 0 N–H and O–H groups in total. The molecule has 2 nitrogen and oxygen atoms in total. The molecule has 1 aliphatic carbocycles. The van der Waals surface area contributed by atoms with E-state index >= 15 is 0 Å². The molecule has 1 unspecified atom stereocenters. The van der Waals surface area contributed by atoms with Gasteiger partial charge in [-0.1, -0.05) is 146 Å². The summed E-state index contributed by atoms with van der Waals surface area (Å²) in [6.07, 6.45) is 5.81. The number of hydrogen-bond acceptors (Lipinski definition) is 0. The Morgan fingerprint density at radius 3 is 1.84 bits per heavy atom. The Morgan fingerprint density at radius 1 is 0.421 bits per heavy atom. The van der Waals surface area contributed by atoms with Crippen molar-refractivity contribution >= 4 is 54.8 Å². The maximum atomic E-state index is 2.52. The van der Waals surface area contributed by atoms with Gasteiger partial charge in [0, 0.05) is 38.4 Å². The summed E-state index contributed by atoms with van der Waals surface area (Å²) in [4.78, 5) is 0. The third kappa shape index (κ3) is 4.84. The van der Waals surface area contributed by atoms with Gasteiger partial charge in [-0.2, -0.15) is 0 Å². The van der Waals surface area contributed by atoms with Gasteiger partial charge in [-0.25, -0.2) is 0 Å². The zero-order valence-corrected chi connectivity index (χ0v) is 31.7. The highest BCUT2D eigenvalue weighted by atomic mass is 15.0. The number of hydrogen-bond donors (Lipinski definition) is 0. The number of allylic oxidation sites excluding steroid dienone is 4. The van der Waals surface area contributed by atoms with E-state index in [1.807, 2.05) is 0 Å². The van der Waals surface area contributed by atoms with Gasteiger partial charge in [0.25, 0.3) is 0 Å². The zero-order chi connectivity index (χ0) is 37.6. The van der Waals surface area contributed by atoms with E-state index in [1.54, 1.807) is 0 Å². The number of rotatable bonds is 4. The summed E-state index contributed by atoms with van der Waals surface area (Å²) in [5.41, 5.74) is 20.2. The smallest absolute Gasteiger partial charge is 0.0620 e. The van der Waals surface area contributed by atoms with E-state index in [9.17, 15) is 0 Å². The molecule has 12 rings (SSSR count). The first-order valence-electron chi connectivity index (χ1n) is 20.1. The van der Waals surface area contributed by atoms with E-state index in [1.165, 1.54) is 111 Å². The van der Waals surface area contributed by atoms with Crippen molar-refractivity contribution in [3.8, 4) is 44.8 Å². The predicted molar refractivity (Wildman–Crippen MR) is 241 cm³/mol. The normalized spacial score (nSPS) is 14.7. The van der Waals surface area contributed by atoms with E-state index in [-0.39, 0.29) is 0 Å². The van der Waals surface area contributed by atoms with Gasteiger partial charge in [0.2, 0.25) is 0 Å². The molecule has 10 aromatic rings. The van der Waals surface area contributed by atoms with Gasteiger partial charge in [0.05, 0.1) is 27.8 Å². The fraction of sp³-hybridized carbons (Fsp3) is 0.0545. The summed E-state index contributed by atoms with van der Waals surface area (Å²) >= 11 is 0. The number of aromatic nitrogens is 2. The Bertz CT molecular complexity index is 3310. The van der Waals surface area contributed by atoms with Crippen molar-refractivity contribution in [3.63, 3.8) is 0 Å². The highest BCUT2D eigenvalue weighted by molar-refractivity contribution is 6.18. The third-order valence-corrected chi connectivity index (χ3v) is 12.5. The van der Waals surface area contributed by atoms with E-state index in [0.29, 0.717) is 5.92 Å². The van der Waals surface area contributed by atoms with Gasteiger partial charge in [0.15, 0.2) is 0 Å². The quantitative estimate of drug-likeness (QED) is 0.171. The van der Waals surface area contributed by atoms with E-state index < -0.39 is 0 Å². The van der Waals surface area contributed by atoms with Crippen molar-refractivity contribution in [3.05, 3.63) is 205 Å². The highest BCUT2D eigenvalue weighted by Gasteiger charge is 2.29. The Labute approximate surface area is 331 Å². The average Bonchev–Trinajstić information content (AvgIpc) is 3.75. The predicted octanol–water partition coefficient (Wildman–Crippen LogP) is 14.7. The molecule has 0 saturated carbocycles. The molecule has 2 heteroatoms. The van der Waals surface area contributed by atoms with E-state index in [2.05, 4.69) is 210 Å². The lowest BCUT2D eigenvalue weighted by molar-refractivity contribution is 0.761.